The van der Waals surface area contributed by atoms with Crippen LogP contribution in [0.25, 0.3) is 0 Å². The van der Waals surface area contributed by atoms with Gasteiger partial charge in [0, 0.05) is 18.5 Å². The lowest BCUT2D eigenvalue weighted by Gasteiger charge is -2.17. The molecular weight excluding hydrogens is 296 g/mol. The highest BCUT2D eigenvalue weighted by molar-refractivity contribution is 7.09. The Kier molecular flexibility index (Phi) is 5.14. The number of rotatable bonds is 6. The second kappa shape index (κ2) is 6.85. The molecule has 7 heteroatoms. The molecule has 0 aliphatic carbocycles. The van der Waals surface area contributed by atoms with Crippen LogP contribution in [-0.4, -0.2) is 34.6 Å². The van der Waals surface area contributed by atoms with Gasteiger partial charge in [0.15, 0.2) is 0 Å². The molecular formula is C13H17ClN4OS. The average molecular weight is 313 g/mol. The highest BCUT2D eigenvalue weighted by Crippen LogP contribution is 2.16. The fourth-order valence-corrected chi connectivity index (χ4v) is 2.44. The third-order valence-electron chi connectivity index (χ3n) is 2.53. The maximum Gasteiger partial charge on any atom is 0.322 e. The van der Waals surface area contributed by atoms with Crippen LogP contribution < -0.4 is 9.64 Å². The van der Waals surface area contributed by atoms with Crippen LogP contribution in [0.1, 0.15) is 18.7 Å². The molecule has 0 saturated heterocycles. The Morgan fingerprint density at radius 3 is 2.80 bits per heavy atom. The van der Waals surface area contributed by atoms with E-state index in [2.05, 4.69) is 26.4 Å². The summed E-state index contributed by atoms with van der Waals surface area (Å²) in [6, 6.07) is 4.43. The lowest BCUT2D eigenvalue weighted by Crippen LogP contribution is -2.23. The first-order valence-corrected chi connectivity index (χ1v) is 7.62. The van der Waals surface area contributed by atoms with Crippen molar-refractivity contribution in [2.75, 3.05) is 18.5 Å². The first-order chi connectivity index (χ1) is 9.54. The Labute approximate surface area is 127 Å². The van der Waals surface area contributed by atoms with Gasteiger partial charge < -0.3 is 9.64 Å². The van der Waals surface area contributed by atoms with Gasteiger partial charge in [-0.15, -0.1) is 11.3 Å². The highest BCUT2D eigenvalue weighted by Gasteiger charge is 2.11. The number of hydrogen-bond acceptors (Lipinski definition) is 6. The zero-order valence-corrected chi connectivity index (χ0v) is 13.3. The van der Waals surface area contributed by atoms with Crippen LogP contribution in [0, 0.1) is 0 Å². The van der Waals surface area contributed by atoms with Gasteiger partial charge in [-0.1, -0.05) is 6.07 Å². The molecule has 108 valence electrons. The zero-order chi connectivity index (χ0) is 14.5. The van der Waals surface area contributed by atoms with Crippen LogP contribution in [-0.2, 0) is 6.42 Å². The van der Waals surface area contributed by atoms with E-state index in [4.69, 9.17) is 16.3 Å². The van der Waals surface area contributed by atoms with E-state index in [-0.39, 0.29) is 17.4 Å². The third kappa shape index (κ3) is 4.31. The first kappa shape index (κ1) is 15.0. The predicted octanol–water partition coefficient (Wildman–Crippen LogP) is 3.05. The molecule has 0 aliphatic rings. The summed E-state index contributed by atoms with van der Waals surface area (Å²) in [4.78, 5) is 15.6. The lowest BCUT2D eigenvalue weighted by molar-refractivity contribution is 0.221. The maximum atomic E-state index is 5.91. The van der Waals surface area contributed by atoms with Gasteiger partial charge in [-0.05, 0) is 43.3 Å². The van der Waals surface area contributed by atoms with E-state index < -0.39 is 0 Å². The Morgan fingerprint density at radius 1 is 1.35 bits per heavy atom. The number of anilines is 1. The fourth-order valence-electron chi connectivity index (χ4n) is 1.59. The van der Waals surface area contributed by atoms with Crippen LogP contribution >= 0.6 is 22.9 Å². The Balaban J connectivity index is 2.04. The van der Waals surface area contributed by atoms with Crippen molar-refractivity contribution in [3.05, 3.63) is 27.7 Å². The summed E-state index contributed by atoms with van der Waals surface area (Å²) in [5.41, 5.74) is 0. The van der Waals surface area contributed by atoms with Gasteiger partial charge in [0.05, 0.1) is 6.10 Å². The zero-order valence-electron chi connectivity index (χ0n) is 11.7. The Morgan fingerprint density at radius 2 is 2.15 bits per heavy atom. The topological polar surface area (TPSA) is 51.1 Å². The van der Waals surface area contributed by atoms with Crippen molar-refractivity contribution in [1.29, 1.82) is 0 Å². The smallest absolute Gasteiger partial charge is 0.322 e. The second-order valence-electron chi connectivity index (χ2n) is 4.60. The number of thiophene rings is 1. The second-order valence-corrected chi connectivity index (χ2v) is 5.97. The molecule has 0 saturated carbocycles. The van der Waals surface area contributed by atoms with Crippen molar-refractivity contribution >= 4 is 28.9 Å². The number of likely N-dealkylation sites (N-methyl/N-ethyl adjacent to an activating group) is 1. The number of nitrogens with zero attached hydrogens (tertiary/aromatic N) is 4. The lowest BCUT2D eigenvalue weighted by atomic mass is 10.3. The van der Waals surface area contributed by atoms with Crippen LogP contribution in [0.5, 0.6) is 6.01 Å². The predicted molar refractivity (Wildman–Crippen MR) is 81.9 cm³/mol. The van der Waals surface area contributed by atoms with Gasteiger partial charge in [-0.3, -0.25) is 0 Å². The quantitative estimate of drug-likeness (QED) is 0.820. The van der Waals surface area contributed by atoms with Crippen LogP contribution in [0.3, 0.4) is 0 Å². The molecule has 2 rings (SSSR count). The summed E-state index contributed by atoms with van der Waals surface area (Å²) in [5, 5.41) is 2.22. The molecule has 0 atom stereocenters. The molecule has 2 aromatic heterocycles. The standard InChI is InChI=1S/C13H17ClN4OS/c1-9(2)19-13-16-11(14)15-12(17-13)18(3)7-6-10-5-4-8-20-10/h4-5,8-9H,6-7H2,1-3H3. The van der Waals surface area contributed by atoms with Crippen molar-refractivity contribution < 1.29 is 4.74 Å². The third-order valence-corrected chi connectivity index (χ3v) is 3.64. The van der Waals surface area contributed by atoms with Crippen molar-refractivity contribution in [3.63, 3.8) is 0 Å². The molecule has 0 bridgehead atoms. The first-order valence-electron chi connectivity index (χ1n) is 6.36. The van der Waals surface area contributed by atoms with Crippen molar-refractivity contribution in [2.45, 2.75) is 26.4 Å². The molecule has 0 fully saturated rings. The van der Waals surface area contributed by atoms with E-state index in [1.54, 1.807) is 11.3 Å². The Bertz CT molecular complexity index is 547. The molecule has 0 aromatic carbocycles. The fraction of sp³-hybridized carbons (Fsp3) is 0.462. The largest absolute Gasteiger partial charge is 0.461 e. The molecule has 0 N–H and O–H groups in total. The van der Waals surface area contributed by atoms with Crippen LogP contribution in [0.4, 0.5) is 5.95 Å². The molecule has 5 nitrogen and oxygen atoms in total. The van der Waals surface area contributed by atoms with E-state index in [0.29, 0.717) is 5.95 Å². The normalized spacial score (nSPS) is 10.8. The van der Waals surface area contributed by atoms with E-state index in [1.165, 1.54) is 4.88 Å². The van der Waals surface area contributed by atoms with E-state index in [9.17, 15) is 0 Å². The minimum absolute atomic E-state index is 0.00209. The van der Waals surface area contributed by atoms with E-state index in [0.717, 1.165) is 13.0 Å². The molecule has 0 unspecified atom stereocenters. The summed E-state index contributed by atoms with van der Waals surface area (Å²) in [6.45, 7) is 4.64. The molecule has 20 heavy (non-hydrogen) atoms. The minimum atomic E-state index is -0.00209. The molecule has 0 aliphatic heterocycles. The number of hydrogen-bond donors (Lipinski definition) is 0. The van der Waals surface area contributed by atoms with Crippen molar-refractivity contribution in [2.24, 2.45) is 0 Å². The molecule has 0 amide bonds. The summed E-state index contributed by atoms with van der Waals surface area (Å²) in [6.07, 6.45) is 0.940. The molecule has 0 radical (unpaired) electrons. The van der Waals surface area contributed by atoms with Gasteiger partial charge in [0.25, 0.3) is 0 Å². The Hall–Kier alpha value is -1.40. The van der Waals surface area contributed by atoms with E-state index in [1.807, 2.05) is 31.9 Å². The van der Waals surface area contributed by atoms with Gasteiger partial charge in [0.1, 0.15) is 0 Å². The number of ether oxygens (including phenoxy) is 1. The number of halogens is 1. The molecule has 2 aromatic rings. The van der Waals surface area contributed by atoms with Gasteiger partial charge in [-0.25, -0.2) is 0 Å². The van der Waals surface area contributed by atoms with Crippen LogP contribution in [0.2, 0.25) is 5.28 Å². The van der Waals surface area contributed by atoms with Gasteiger partial charge >= 0.3 is 6.01 Å². The monoisotopic (exact) mass is 312 g/mol. The summed E-state index contributed by atoms with van der Waals surface area (Å²) in [7, 11) is 1.93. The molecule has 0 spiro atoms. The van der Waals surface area contributed by atoms with Gasteiger partial charge in [-0.2, -0.15) is 15.0 Å². The number of aromatic nitrogens is 3. The summed E-state index contributed by atoms with van der Waals surface area (Å²) < 4.78 is 5.46. The maximum absolute atomic E-state index is 5.91. The van der Waals surface area contributed by atoms with Crippen molar-refractivity contribution in [1.82, 2.24) is 15.0 Å². The van der Waals surface area contributed by atoms with Gasteiger partial charge in [0.2, 0.25) is 11.2 Å². The molecule has 2 heterocycles. The minimum Gasteiger partial charge on any atom is -0.461 e. The van der Waals surface area contributed by atoms with E-state index >= 15 is 0 Å². The summed E-state index contributed by atoms with van der Waals surface area (Å²) in [5.74, 6) is 0.525. The van der Waals surface area contributed by atoms with Crippen molar-refractivity contribution in [3.8, 4) is 6.01 Å². The highest BCUT2D eigenvalue weighted by atomic mass is 35.5. The SMILES string of the molecule is CC(C)Oc1nc(Cl)nc(N(C)CCc2cccs2)n1. The van der Waals surface area contributed by atoms with Crippen LogP contribution in [0.15, 0.2) is 17.5 Å². The average Bonchev–Trinajstić information content (AvgIpc) is 2.87. The summed E-state index contributed by atoms with van der Waals surface area (Å²) >= 11 is 7.65.